The van der Waals surface area contributed by atoms with Crippen molar-refractivity contribution in [3.8, 4) is 5.75 Å². The van der Waals surface area contributed by atoms with Crippen LogP contribution in [0, 0.1) is 0 Å². The van der Waals surface area contributed by atoms with Crippen LogP contribution in [0.2, 0.25) is 0 Å². The van der Waals surface area contributed by atoms with E-state index in [1.807, 2.05) is 0 Å². The van der Waals surface area contributed by atoms with Gasteiger partial charge in [0.2, 0.25) is 0 Å². The van der Waals surface area contributed by atoms with Crippen LogP contribution in [0.1, 0.15) is 17.2 Å². The number of alkyl halides is 1. The van der Waals surface area contributed by atoms with Crippen molar-refractivity contribution in [1.82, 2.24) is 0 Å². The highest BCUT2D eigenvalue weighted by Gasteiger charge is 2.10. The quantitative estimate of drug-likeness (QED) is 0.654. The summed E-state index contributed by atoms with van der Waals surface area (Å²) in [5.74, 6) is -0.0150. The lowest BCUT2D eigenvalue weighted by Crippen LogP contribution is -2.14. The van der Waals surface area contributed by atoms with Crippen LogP contribution in [0.25, 0.3) is 0 Å². The van der Waals surface area contributed by atoms with Crippen LogP contribution >= 0.6 is 0 Å². The van der Waals surface area contributed by atoms with Crippen molar-refractivity contribution >= 4 is 0 Å². The van der Waals surface area contributed by atoms with E-state index in [1.165, 1.54) is 18.2 Å². The van der Waals surface area contributed by atoms with E-state index in [0.29, 0.717) is 11.1 Å². The third-order valence-electron chi connectivity index (χ3n) is 1.84. The Bertz CT molecular complexity index is 291. The number of rotatable bonds is 3. The van der Waals surface area contributed by atoms with Crippen molar-refractivity contribution < 1.29 is 14.6 Å². The Labute approximate surface area is 75.6 Å². The first-order valence-electron chi connectivity index (χ1n) is 3.93. The number of hydrogen-bond acceptors (Lipinski definition) is 3. The van der Waals surface area contributed by atoms with Crippen molar-refractivity contribution in [2.45, 2.75) is 12.7 Å². The van der Waals surface area contributed by atoms with Gasteiger partial charge in [0.15, 0.2) is 0 Å². The third kappa shape index (κ3) is 2.17. The van der Waals surface area contributed by atoms with Crippen LogP contribution < -0.4 is 5.73 Å². The number of aromatic hydroxyl groups is 1. The number of halogens is 1. The average Bonchev–Trinajstić information content (AvgIpc) is 2.17. The molecule has 0 saturated heterocycles. The van der Waals surface area contributed by atoms with E-state index in [0.717, 1.165) is 0 Å². The molecule has 13 heavy (non-hydrogen) atoms. The van der Waals surface area contributed by atoms with Crippen molar-refractivity contribution in [1.29, 1.82) is 0 Å². The smallest absolute Gasteiger partial charge is 0.120 e. The Hall–Kier alpha value is -1.13. The van der Waals surface area contributed by atoms with E-state index in [4.69, 9.17) is 10.8 Å². The predicted molar refractivity (Wildman–Crippen MR) is 46.9 cm³/mol. The minimum absolute atomic E-state index is 0.0150. The first-order valence-corrected chi connectivity index (χ1v) is 3.93. The number of aliphatic hydroxyl groups is 1. The fourth-order valence-electron chi connectivity index (χ4n) is 1.08. The molecule has 0 saturated carbocycles. The van der Waals surface area contributed by atoms with Gasteiger partial charge < -0.3 is 15.9 Å². The van der Waals surface area contributed by atoms with Gasteiger partial charge in [0.1, 0.15) is 12.4 Å². The Morgan fingerprint density at radius 3 is 2.69 bits per heavy atom. The maximum absolute atomic E-state index is 12.2. The summed E-state index contributed by atoms with van der Waals surface area (Å²) in [6.07, 6.45) is 0. The lowest BCUT2D eigenvalue weighted by atomic mass is 10.0. The molecule has 0 amide bonds. The van der Waals surface area contributed by atoms with E-state index in [-0.39, 0.29) is 12.4 Å². The Morgan fingerprint density at radius 1 is 1.46 bits per heavy atom. The summed E-state index contributed by atoms with van der Waals surface area (Å²) >= 11 is 0. The van der Waals surface area contributed by atoms with Gasteiger partial charge in [0, 0.05) is 5.56 Å². The second kappa shape index (κ2) is 4.20. The molecule has 0 heterocycles. The summed E-state index contributed by atoms with van der Waals surface area (Å²) in [7, 11) is 0. The van der Waals surface area contributed by atoms with E-state index >= 15 is 0 Å². The minimum Gasteiger partial charge on any atom is -0.508 e. The molecule has 0 bridgehead atoms. The van der Waals surface area contributed by atoms with Gasteiger partial charge in [-0.25, -0.2) is 4.39 Å². The van der Waals surface area contributed by atoms with E-state index < -0.39 is 12.7 Å². The van der Waals surface area contributed by atoms with Crippen molar-refractivity contribution in [2.24, 2.45) is 5.73 Å². The molecule has 0 aliphatic carbocycles. The molecule has 3 nitrogen and oxygen atoms in total. The summed E-state index contributed by atoms with van der Waals surface area (Å²) in [5.41, 5.74) is 6.30. The molecule has 72 valence electrons. The Balaban J connectivity index is 3.03. The van der Waals surface area contributed by atoms with Gasteiger partial charge in [-0.2, -0.15) is 0 Å². The number of phenolic OH excluding ortho intramolecular Hbond substituents is 1. The SMILES string of the molecule is NC(CO)c1cc(CF)ccc1O. The summed E-state index contributed by atoms with van der Waals surface area (Å²) in [4.78, 5) is 0. The van der Waals surface area contributed by atoms with Crippen LogP contribution in [-0.4, -0.2) is 16.8 Å². The fraction of sp³-hybridized carbons (Fsp3) is 0.333. The van der Waals surface area contributed by atoms with Crippen LogP contribution in [0.3, 0.4) is 0 Å². The number of nitrogens with two attached hydrogens (primary N) is 1. The van der Waals surface area contributed by atoms with Crippen molar-refractivity contribution in [3.63, 3.8) is 0 Å². The molecule has 0 spiro atoms. The Morgan fingerprint density at radius 2 is 2.15 bits per heavy atom. The summed E-state index contributed by atoms with van der Waals surface area (Å²) in [6, 6.07) is 3.64. The predicted octanol–water partition coefficient (Wildman–Crippen LogP) is 0.854. The zero-order valence-corrected chi connectivity index (χ0v) is 7.07. The van der Waals surface area contributed by atoms with Gasteiger partial charge in [-0.05, 0) is 17.7 Å². The minimum atomic E-state index is -0.661. The second-order valence-corrected chi connectivity index (χ2v) is 2.82. The summed E-state index contributed by atoms with van der Waals surface area (Å²) < 4.78 is 12.2. The molecule has 1 aromatic carbocycles. The molecular weight excluding hydrogens is 173 g/mol. The largest absolute Gasteiger partial charge is 0.508 e. The molecule has 4 heteroatoms. The van der Waals surface area contributed by atoms with Gasteiger partial charge in [-0.1, -0.05) is 6.07 Å². The number of aliphatic hydroxyl groups excluding tert-OH is 1. The fourth-order valence-corrected chi connectivity index (χ4v) is 1.08. The highest BCUT2D eigenvalue weighted by atomic mass is 19.1. The topological polar surface area (TPSA) is 66.5 Å². The van der Waals surface area contributed by atoms with Crippen molar-refractivity contribution in [3.05, 3.63) is 29.3 Å². The maximum Gasteiger partial charge on any atom is 0.120 e. The standard InChI is InChI=1S/C9H12FNO2/c10-4-6-1-2-9(13)7(3-6)8(11)5-12/h1-3,8,12-13H,4-5,11H2. The van der Waals surface area contributed by atoms with E-state index in [1.54, 1.807) is 0 Å². The number of phenols is 1. The number of hydrogen-bond donors (Lipinski definition) is 3. The molecule has 0 fully saturated rings. The lowest BCUT2D eigenvalue weighted by Gasteiger charge is -2.11. The lowest BCUT2D eigenvalue weighted by molar-refractivity contribution is 0.265. The van der Waals surface area contributed by atoms with Crippen LogP contribution in [0.4, 0.5) is 4.39 Å². The molecule has 0 aromatic heterocycles. The van der Waals surface area contributed by atoms with Gasteiger partial charge in [0.25, 0.3) is 0 Å². The third-order valence-corrected chi connectivity index (χ3v) is 1.84. The van der Waals surface area contributed by atoms with Crippen LogP contribution in [0.5, 0.6) is 5.75 Å². The first kappa shape index (κ1) is 9.95. The zero-order chi connectivity index (χ0) is 9.84. The van der Waals surface area contributed by atoms with Gasteiger partial charge >= 0.3 is 0 Å². The molecular formula is C9H12FNO2. The normalized spacial score (nSPS) is 12.8. The molecule has 1 atom stereocenters. The monoisotopic (exact) mass is 185 g/mol. The van der Waals surface area contributed by atoms with Crippen LogP contribution in [0.15, 0.2) is 18.2 Å². The highest BCUT2D eigenvalue weighted by Crippen LogP contribution is 2.23. The average molecular weight is 185 g/mol. The highest BCUT2D eigenvalue weighted by molar-refractivity contribution is 5.38. The van der Waals surface area contributed by atoms with Gasteiger partial charge in [0.05, 0.1) is 12.6 Å². The van der Waals surface area contributed by atoms with Crippen LogP contribution in [-0.2, 0) is 6.67 Å². The maximum atomic E-state index is 12.2. The molecule has 0 aliphatic heterocycles. The Kier molecular flexibility index (Phi) is 3.22. The van der Waals surface area contributed by atoms with E-state index in [2.05, 4.69) is 0 Å². The number of benzene rings is 1. The van der Waals surface area contributed by atoms with Crippen molar-refractivity contribution in [2.75, 3.05) is 6.61 Å². The van der Waals surface area contributed by atoms with Gasteiger partial charge in [-0.15, -0.1) is 0 Å². The molecule has 1 unspecified atom stereocenters. The van der Waals surface area contributed by atoms with Gasteiger partial charge in [-0.3, -0.25) is 0 Å². The molecule has 0 aliphatic rings. The van der Waals surface area contributed by atoms with E-state index in [9.17, 15) is 9.50 Å². The summed E-state index contributed by atoms with van der Waals surface area (Å²) in [6.45, 7) is -0.880. The molecule has 0 radical (unpaired) electrons. The summed E-state index contributed by atoms with van der Waals surface area (Å²) in [5, 5.41) is 18.1. The first-order chi connectivity index (χ1) is 6.19. The molecule has 1 aromatic rings. The molecule has 4 N–H and O–H groups in total. The zero-order valence-electron chi connectivity index (χ0n) is 7.07. The second-order valence-electron chi connectivity index (χ2n) is 2.82. The molecule has 1 rings (SSSR count).